The van der Waals surface area contributed by atoms with Gasteiger partial charge in [0.2, 0.25) is 0 Å². The molecule has 7 heteroatoms. The van der Waals surface area contributed by atoms with Crippen LogP contribution in [0.1, 0.15) is 32.1 Å². The fourth-order valence-corrected chi connectivity index (χ4v) is 2.37. The highest BCUT2D eigenvalue weighted by Crippen LogP contribution is 2.29. The second-order valence-electron chi connectivity index (χ2n) is 4.98. The lowest BCUT2D eigenvalue weighted by molar-refractivity contribution is -0.274. The topological polar surface area (TPSA) is 50.4 Å². The molecule has 0 aliphatic heterocycles. The van der Waals surface area contributed by atoms with E-state index in [-0.39, 0.29) is 11.7 Å². The second kappa shape index (κ2) is 6.69. The zero-order chi connectivity index (χ0) is 15.3. The first kappa shape index (κ1) is 15.5. The molecular weight excluding hydrogens is 285 g/mol. The van der Waals surface area contributed by atoms with Gasteiger partial charge in [0.25, 0.3) is 0 Å². The quantitative estimate of drug-likeness (QED) is 0.885. The van der Waals surface area contributed by atoms with Crippen LogP contribution in [0.25, 0.3) is 0 Å². The van der Waals surface area contributed by atoms with Crippen LogP contribution in [-0.2, 0) is 0 Å². The van der Waals surface area contributed by atoms with E-state index in [2.05, 4.69) is 15.4 Å². The van der Waals surface area contributed by atoms with Crippen molar-refractivity contribution in [3.8, 4) is 5.75 Å². The van der Waals surface area contributed by atoms with Crippen molar-refractivity contribution in [3.63, 3.8) is 0 Å². The molecule has 0 bridgehead atoms. The van der Waals surface area contributed by atoms with Crippen molar-refractivity contribution in [1.29, 1.82) is 0 Å². The van der Waals surface area contributed by atoms with E-state index in [0.717, 1.165) is 38.2 Å². The van der Waals surface area contributed by atoms with Gasteiger partial charge in [0.15, 0.2) is 5.75 Å². The van der Waals surface area contributed by atoms with Gasteiger partial charge in [-0.1, -0.05) is 31.4 Å². The van der Waals surface area contributed by atoms with Crippen LogP contribution in [0.4, 0.5) is 23.7 Å². The lowest BCUT2D eigenvalue weighted by Crippen LogP contribution is -2.39. The van der Waals surface area contributed by atoms with E-state index < -0.39 is 18.1 Å². The van der Waals surface area contributed by atoms with Crippen LogP contribution in [0.15, 0.2) is 24.3 Å². The number of alkyl halides is 3. The number of ether oxygens (including phenoxy) is 1. The van der Waals surface area contributed by atoms with E-state index in [4.69, 9.17) is 0 Å². The fraction of sp³-hybridized carbons (Fsp3) is 0.500. The Morgan fingerprint density at radius 1 is 1.14 bits per heavy atom. The first-order chi connectivity index (χ1) is 9.94. The van der Waals surface area contributed by atoms with Crippen LogP contribution in [0.2, 0.25) is 0 Å². The minimum Gasteiger partial charge on any atom is -0.404 e. The van der Waals surface area contributed by atoms with Gasteiger partial charge < -0.3 is 15.4 Å². The van der Waals surface area contributed by atoms with Gasteiger partial charge in [-0.3, -0.25) is 0 Å². The normalized spacial score (nSPS) is 16.3. The summed E-state index contributed by atoms with van der Waals surface area (Å²) in [5, 5.41) is 5.18. The summed E-state index contributed by atoms with van der Waals surface area (Å²) < 4.78 is 40.7. The van der Waals surface area contributed by atoms with E-state index in [9.17, 15) is 18.0 Å². The molecule has 21 heavy (non-hydrogen) atoms. The summed E-state index contributed by atoms with van der Waals surface area (Å²) in [4.78, 5) is 11.8. The van der Waals surface area contributed by atoms with E-state index in [1.165, 1.54) is 18.2 Å². The number of rotatable bonds is 3. The van der Waals surface area contributed by atoms with Crippen LogP contribution in [-0.4, -0.2) is 18.4 Å². The Kier molecular flexibility index (Phi) is 4.93. The molecule has 1 saturated carbocycles. The van der Waals surface area contributed by atoms with Crippen LogP contribution < -0.4 is 15.4 Å². The summed E-state index contributed by atoms with van der Waals surface area (Å²) in [6.45, 7) is 0. The van der Waals surface area contributed by atoms with Gasteiger partial charge in [-0.15, -0.1) is 13.2 Å². The average Bonchev–Trinajstić information content (AvgIpc) is 2.40. The van der Waals surface area contributed by atoms with Crippen molar-refractivity contribution in [2.75, 3.05) is 5.32 Å². The number of nitrogens with one attached hydrogen (secondary N) is 2. The largest absolute Gasteiger partial charge is 0.573 e. The van der Waals surface area contributed by atoms with E-state index in [0.29, 0.717) is 0 Å². The predicted octanol–water partition coefficient (Wildman–Crippen LogP) is 4.04. The number of benzene rings is 1. The molecule has 0 heterocycles. The lowest BCUT2D eigenvalue weighted by atomic mass is 9.96. The van der Waals surface area contributed by atoms with Crippen molar-refractivity contribution in [2.24, 2.45) is 0 Å². The maximum absolute atomic E-state index is 12.3. The number of hydrogen-bond acceptors (Lipinski definition) is 2. The number of carbonyl (C=O) groups is 1. The van der Waals surface area contributed by atoms with Gasteiger partial charge in [-0.25, -0.2) is 4.79 Å². The van der Waals surface area contributed by atoms with Crippen LogP contribution in [0, 0.1) is 0 Å². The summed E-state index contributed by atoms with van der Waals surface area (Å²) in [5.74, 6) is -0.427. The van der Waals surface area contributed by atoms with E-state index in [1.54, 1.807) is 0 Å². The standard InChI is InChI=1S/C14H17F3N2O2/c15-14(16,17)21-12-9-5-4-8-11(12)19-13(20)18-10-6-2-1-3-7-10/h4-5,8-10H,1-3,6-7H2,(H2,18,19,20). The zero-order valence-electron chi connectivity index (χ0n) is 11.4. The SMILES string of the molecule is O=C(Nc1ccccc1OC(F)(F)F)NC1CCCCC1. The van der Waals surface area contributed by atoms with Crippen molar-refractivity contribution < 1.29 is 22.7 Å². The Morgan fingerprint density at radius 2 is 1.81 bits per heavy atom. The molecule has 0 spiro atoms. The molecule has 1 aliphatic rings. The summed E-state index contributed by atoms with van der Waals surface area (Å²) in [7, 11) is 0. The number of amides is 2. The predicted molar refractivity (Wildman–Crippen MR) is 72.2 cm³/mol. The van der Waals surface area contributed by atoms with Crippen LogP contribution in [0.5, 0.6) is 5.75 Å². The third-order valence-corrected chi connectivity index (χ3v) is 3.30. The zero-order valence-corrected chi connectivity index (χ0v) is 11.4. The smallest absolute Gasteiger partial charge is 0.404 e. The number of urea groups is 1. The average molecular weight is 302 g/mol. The van der Waals surface area contributed by atoms with Crippen LogP contribution in [0.3, 0.4) is 0 Å². The maximum atomic E-state index is 12.3. The second-order valence-corrected chi connectivity index (χ2v) is 4.98. The maximum Gasteiger partial charge on any atom is 0.573 e. The van der Waals surface area contributed by atoms with Crippen molar-refractivity contribution in [2.45, 2.75) is 44.5 Å². The first-order valence-corrected chi connectivity index (χ1v) is 6.86. The Balaban J connectivity index is 1.96. The highest BCUT2D eigenvalue weighted by Gasteiger charge is 2.32. The van der Waals surface area contributed by atoms with Crippen molar-refractivity contribution >= 4 is 11.7 Å². The highest BCUT2D eigenvalue weighted by molar-refractivity contribution is 5.91. The summed E-state index contributed by atoms with van der Waals surface area (Å²) >= 11 is 0. The summed E-state index contributed by atoms with van der Waals surface area (Å²) in [6.07, 6.45) is 0.263. The Hall–Kier alpha value is -1.92. The third kappa shape index (κ3) is 5.17. The molecule has 116 valence electrons. The molecule has 1 aromatic rings. The van der Waals surface area contributed by atoms with Crippen molar-refractivity contribution in [1.82, 2.24) is 5.32 Å². The number of carbonyl (C=O) groups excluding carboxylic acids is 1. The molecule has 0 aromatic heterocycles. The Morgan fingerprint density at radius 3 is 2.48 bits per heavy atom. The number of hydrogen-bond donors (Lipinski definition) is 2. The molecule has 0 radical (unpaired) electrons. The molecule has 2 rings (SSSR count). The Labute approximate surface area is 120 Å². The molecule has 1 fully saturated rings. The number of para-hydroxylation sites is 2. The van der Waals surface area contributed by atoms with Crippen molar-refractivity contribution in [3.05, 3.63) is 24.3 Å². The summed E-state index contributed by atoms with van der Waals surface area (Å²) in [6, 6.07) is 5.02. The fourth-order valence-electron chi connectivity index (χ4n) is 2.37. The van der Waals surface area contributed by atoms with Gasteiger partial charge in [-0.05, 0) is 25.0 Å². The molecule has 2 amide bonds. The van der Waals surface area contributed by atoms with Gasteiger partial charge in [-0.2, -0.15) is 0 Å². The molecular formula is C14H17F3N2O2. The van der Waals surface area contributed by atoms with Gasteiger partial charge in [0.1, 0.15) is 0 Å². The molecule has 4 nitrogen and oxygen atoms in total. The first-order valence-electron chi connectivity index (χ1n) is 6.86. The van der Waals surface area contributed by atoms with Gasteiger partial charge in [0.05, 0.1) is 5.69 Å². The monoisotopic (exact) mass is 302 g/mol. The summed E-state index contributed by atoms with van der Waals surface area (Å²) in [5.41, 5.74) is -0.0110. The number of anilines is 1. The lowest BCUT2D eigenvalue weighted by Gasteiger charge is -2.23. The Bertz CT molecular complexity index is 485. The molecule has 1 aliphatic carbocycles. The van der Waals surface area contributed by atoms with Gasteiger partial charge >= 0.3 is 12.4 Å². The molecule has 2 N–H and O–H groups in total. The minimum atomic E-state index is -4.79. The highest BCUT2D eigenvalue weighted by atomic mass is 19.4. The van der Waals surface area contributed by atoms with Gasteiger partial charge in [0, 0.05) is 6.04 Å². The molecule has 0 unspecified atom stereocenters. The molecule has 0 atom stereocenters. The molecule has 1 aromatic carbocycles. The van der Waals surface area contributed by atoms with E-state index >= 15 is 0 Å². The minimum absolute atomic E-state index is 0.0110. The number of halogens is 3. The molecule has 0 saturated heterocycles. The van der Waals surface area contributed by atoms with E-state index in [1.807, 2.05) is 0 Å². The third-order valence-electron chi connectivity index (χ3n) is 3.30. The van der Waals surface area contributed by atoms with Crippen LogP contribution >= 0.6 is 0 Å².